The molecule has 1 aliphatic heterocycles. The molecule has 4 rings (SSSR count). The van der Waals surface area contributed by atoms with Gasteiger partial charge in [0.2, 0.25) is 11.0 Å². The summed E-state index contributed by atoms with van der Waals surface area (Å²) in [6.45, 7) is 13.2. The van der Waals surface area contributed by atoms with Crippen LogP contribution in [0.15, 0.2) is 28.7 Å². The van der Waals surface area contributed by atoms with Crippen molar-refractivity contribution in [1.82, 2.24) is 20.1 Å². The molecule has 3 aromatic heterocycles. The number of piperidine rings is 1. The first-order valence-corrected chi connectivity index (χ1v) is 13.0. The lowest BCUT2D eigenvalue weighted by atomic mass is 9.89. The van der Waals surface area contributed by atoms with Crippen LogP contribution in [0.3, 0.4) is 0 Å². The van der Waals surface area contributed by atoms with Gasteiger partial charge in [0.25, 0.3) is 5.91 Å². The number of amides is 2. The van der Waals surface area contributed by atoms with E-state index in [1.165, 1.54) is 11.3 Å². The van der Waals surface area contributed by atoms with E-state index in [2.05, 4.69) is 36.3 Å². The van der Waals surface area contributed by atoms with Gasteiger partial charge in [-0.2, -0.15) is 0 Å². The van der Waals surface area contributed by atoms with Crippen LogP contribution in [-0.4, -0.2) is 45.0 Å². The van der Waals surface area contributed by atoms with Crippen molar-refractivity contribution in [2.45, 2.75) is 65.7 Å². The maximum atomic E-state index is 13.2. The number of anilines is 1. The van der Waals surface area contributed by atoms with Crippen LogP contribution in [0.2, 0.25) is 0 Å². The van der Waals surface area contributed by atoms with Crippen LogP contribution in [0.5, 0.6) is 0 Å². The summed E-state index contributed by atoms with van der Waals surface area (Å²) in [4.78, 5) is 32.5. The van der Waals surface area contributed by atoms with Crippen LogP contribution in [0.25, 0.3) is 6.08 Å². The predicted octanol–water partition coefficient (Wildman–Crippen LogP) is 5.42. The number of aromatic nitrogens is 3. The molecular formula is C27H33N5O3S. The zero-order valence-corrected chi connectivity index (χ0v) is 22.5. The van der Waals surface area contributed by atoms with Crippen LogP contribution < -0.4 is 5.32 Å². The first-order chi connectivity index (χ1) is 17.0. The normalized spacial score (nSPS) is 15.0. The quantitative estimate of drug-likeness (QED) is 0.463. The first kappa shape index (κ1) is 25.8. The Bertz CT molecular complexity index is 1270. The van der Waals surface area contributed by atoms with E-state index in [4.69, 9.17) is 9.40 Å². The van der Waals surface area contributed by atoms with Crippen molar-refractivity contribution >= 4 is 34.4 Å². The molecule has 4 heterocycles. The molecule has 36 heavy (non-hydrogen) atoms. The van der Waals surface area contributed by atoms with Crippen molar-refractivity contribution in [2.24, 2.45) is 0 Å². The summed E-state index contributed by atoms with van der Waals surface area (Å²) in [6.07, 6.45) is 4.76. The minimum absolute atomic E-state index is 0.0405. The van der Waals surface area contributed by atoms with Gasteiger partial charge in [-0.3, -0.25) is 19.9 Å². The summed E-state index contributed by atoms with van der Waals surface area (Å²) >= 11 is 1.38. The number of nitrogens with one attached hydrogen (secondary N) is 1. The van der Waals surface area contributed by atoms with Crippen molar-refractivity contribution in [1.29, 1.82) is 0 Å². The largest absolute Gasteiger partial charge is 0.462 e. The Morgan fingerprint density at radius 2 is 1.86 bits per heavy atom. The minimum Gasteiger partial charge on any atom is -0.462 e. The number of aryl methyl sites for hydroxylation is 3. The number of carbonyl (C=O) groups is 2. The van der Waals surface area contributed by atoms with Gasteiger partial charge in [0, 0.05) is 36.2 Å². The lowest BCUT2D eigenvalue weighted by molar-refractivity contribution is -0.127. The molecular weight excluding hydrogens is 474 g/mol. The molecule has 0 aromatic carbocycles. The van der Waals surface area contributed by atoms with E-state index in [-0.39, 0.29) is 23.1 Å². The molecule has 0 atom stereocenters. The van der Waals surface area contributed by atoms with Gasteiger partial charge in [0.1, 0.15) is 16.5 Å². The van der Waals surface area contributed by atoms with Crippen molar-refractivity contribution in [3.8, 4) is 0 Å². The Morgan fingerprint density at radius 1 is 1.14 bits per heavy atom. The SMILES string of the molecule is Cc1ccc(C(=O)Nc2nnc(C(C)(C)C)s2)c(C2CCN(C(=O)/C=C/c3cc(C)c(C)o3)CC2)n1. The van der Waals surface area contributed by atoms with Crippen molar-refractivity contribution < 1.29 is 14.0 Å². The van der Waals surface area contributed by atoms with E-state index in [1.54, 1.807) is 12.2 Å². The van der Waals surface area contributed by atoms with Crippen LogP contribution in [-0.2, 0) is 10.2 Å². The number of hydrogen-bond acceptors (Lipinski definition) is 7. The van der Waals surface area contributed by atoms with Crippen molar-refractivity contribution in [3.63, 3.8) is 0 Å². The summed E-state index contributed by atoms with van der Waals surface area (Å²) in [5.41, 5.74) is 3.11. The molecule has 0 unspecified atom stereocenters. The second-order valence-corrected chi connectivity index (χ2v) is 11.3. The summed E-state index contributed by atoms with van der Waals surface area (Å²) < 4.78 is 5.62. The summed E-state index contributed by atoms with van der Waals surface area (Å²) in [5, 5.41) is 12.6. The van der Waals surface area contributed by atoms with Crippen LogP contribution >= 0.6 is 11.3 Å². The fourth-order valence-corrected chi connectivity index (χ4v) is 4.93. The van der Waals surface area contributed by atoms with Gasteiger partial charge in [0.15, 0.2) is 0 Å². The van der Waals surface area contributed by atoms with Crippen LogP contribution in [0, 0.1) is 20.8 Å². The van der Waals surface area contributed by atoms with Crippen molar-refractivity contribution in [2.75, 3.05) is 18.4 Å². The predicted molar refractivity (Wildman–Crippen MR) is 141 cm³/mol. The lowest BCUT2D eigenvalue weighted by Gasteiger charge is -2.31. The molecule has 3 aromatic rings. The molecule has 1 aliphatic rings. The summed E-state index contributed by atoms with van der Waals surface area (Å²) in [6, 6.07) is 5.60. The van der Waals surface area contributed by atoms with Gasteiger partial charge in [0.05, 0.1) is 11.3 Å². The number of pyridine rings is 1. The molecule has 1 fully saturated rings. The third-order valence-corrected chi connectivity index (χ3v) is 7.63. The van der Waals surface area contributed by atoms with Gasteiger partial charge < -0.3 is 9.32 Å². The molecule has 0 spiro atoms. The van der Waals surface area contributed by atoms with Gasteiger partial charge in [-0.05, 0) is 63.5 Å². The van der Waals surface area contributed by atoms with E-state index in [0.29, 0.717) is 29.5 Å². The molecule has 0 radical (unpaired) electrons. The highest BCUT2D eigenvalue weighted by atomic mass is 32.1. The number of carbonyl (C=O) groups excluding carboxylic acids is 2. The highest BCUT2D eigenvalue weighted by molar-refractivity contribution is 7.15. The van der Waals surface area contributed by atoms with E-state index in [0.717, 1.165) is 40.6 Å². The average Bonchev–Trinajstić information content (AvgIpc) is 3.43. The molecule has 1 saturated heterocycles. The Hall–Kier alpha value is -3.33. The van der Waals surface area contributed by atoms with E-state index in [9.17, 15) is 9.59 Å². The second kappa shape index (κ2) is 10.3. The Kier molecular flexibility index (Phi) is 7.40. The molecule has 0 saturated carbocycles. The average molecular weight is 508 g/mol. The number of rotatable bonds is 5. The van der Waals surface area contributed by atoms with Crippen LogP contribution in [0.4, 0.5) is 5.13 Å². The Labute approximate surface area is 215 Å². The number of hydrogen-bond donors (Lipinski definition) is 1. The highest BCUT2D eigenvalue weighted by Gasteiger charge is 2.28. The lowest BCUT2D eigenvalue weighted by Crippen LogP contribution is -2.37. The Morgan fingerprint density at radius 3 is 2.47 bits per heavy atom. The third-order valence-electron chi connectivity index (χ3n) is 6.36. The second-order valence-electron chi connectivity index (χ2n) is 10.3. The van der Waals surface area contributed by atoms with Gasteiger partial charge in [-0.1, -0.05) is 32.1 Å². The number of furan rings is 1. The standard InChI is InChI=1S/C27H33N5O3S/c1-16-15-20(35-18(16)3)8-10-22(33)32-13-11-19(12-14-32)23-21(9-7-17(2)28-23)24(34)29-26-31-30-25(36-26)27(4,5)6/h7-10,15,19H,11-14H2,1-6H3,(H,29,31,34)/b10-8+. The van der Waals surface area contributed by atoms with Crippen molar-refractivity contribution in [3.05, 3.63) is 63.3 Å². The highest BCUT2D eigenvalue weighted by Crippen LogP contribution is 2.31. The maximum absolute atomic E-state index is 13.2. The molecule has 9 heteroatoms. The molecule has 1 N–H and O–H groups in total. The van der Waals surface area contributed by atoms with Gasteiger partial charge in [-0.15, -0.1) is 10.2 Å². The molecule has 190 valence electrons. The smallest absolute Gasteiger partial charge is 0.259 e. The third kappa shape index (κ3) is 5.90. The molecule has 2 amide bonds. The maximum Gasteiger partial charge on any atom is 0.259 e. The summed E-state index contributed by atoms with van der Waals surface area (Å²) in [7, 11) is 0. The van der Waals surface area contributed by atoms with E-state index in [1.807, 2.05) is 43.9 Å². The zero-order valence-electron chi connectivity index (χ0n) is 21.7. The number of nitrogens with zero attached hydrogens (tertiary/aromatic N) is 4. The summed E-state index contributed by atoms with van der Waals surface area (Å²) in [5.74, 6) is 1.35. The minimum atomic E-state index is -0.236. The van der Waals surface area contributed by atoms with E-state index < -0.39 is 0 Å². The topological polar surface area (TPSA) is 101 Å². The molecule has 0 bridgehead atoms. The Balaban J connectivity index is 1.42. The monoisotopic (exact) mass is 507 g/mol. The van der Waals surface area contributed by atoms with Gasteiger partial charge in [-0.25, -0.2) is 0 Å². The number of likely N-dealkylation sites (tertiary alicyclic amines) is 1. The first-order valence-electron chi connectivity index (χ1n) is 12.2. The van der Waals surface area contributed by atoms with Gasteiger partial charge >= 0.3 is 0 Å². The fraction of sp³-hybridized carbons (Fsp3) is 0.444. The fourth-order valence-electron chi connectivity index (χ4n) is 4.14. The van der Waals surface area contributed by atoms with Crippen LogP contribution in [0.1, 0.15) is 83.4 Å². The molecule has 0 aliphatic carbocycles. The molecule has 8 nitrogen and oxygen atoms in total. The van der Waals surface area contributed by atoms with E-state index >= 15 is 0 Å². The zero-order chi connectivity index (χ0) is 26.0.